The molecular formula is C22H23ClFN3O. The van der Waals surface area contributed by atoms with Gasteiger partial charge >= 0.3 is 0 Å². The summed E-state index contributed by atoms with van der Waals surface area (Å²) in [4.78, 5) is 0. The second-order valence-electron chi connectivity index (χ2n) is 7.16. The number of rotatable bonds is 7. The van der Waals surface area contributed by atoms with Crippen LogP contribution in [-0.4, -0.2) is 9.78 Å². The number of ether oxygens (including phenoxy) is 1. The Morgan fingerprint density at radius 1 is 1.18 bits per heavy atom. The van der Waals surface area contributed by atoms with Gasteiger partial charge in [-0.1, -0.05) is 18.5 Å². The number of halogens is 2. The Kier molecular flexibility index (Phi) is 5.27. The van der Waals surface area contributed by atoms with Crippen LogP contribution in [0.15, 0.2) is 42.5 Å². The molecular weight excluding hydrogens is 377 g/mol. The maximum absolute atomic E-state index is 13.8. The molecule has 4 nitrogen and oxygen atoms in total. The summed E-state index contributed by atoms with van der Waals surface area (Å²) in [6.07, 6.45) is 3.19. The van der Waals surface area contributed by atoms with Crippen LogP contribution in [0.4, 0.5) is 10.2 Å². The fourth-order valence-corrected chi connectivity index (χ4v) is 3.50. The standard InChI is InChI=1S/C22H23ClFN3O/c1-3-15-12-19(7-8-20(15)23)28-21-9-4-17(24)11-16(21)13-25-22-10-14(2)27(26-22)18-5-6-18/h4,7-12,18H,3,5-6,13H2,1-2H3,(H,25,26). The summed E-state index contributed by atoms with van der Waals surface area (Å²) in [6, 6.07) is 12.7. The molecule has 6 heteroatoms. The molecule has 1 fully saturated rings. The number of anilines is 1. The van der Waals surface area contributed by atoms with Crippen LogP contribution in [0.5, 0.6) is 11.5 Å². The monoisotopic (exact) mass is 399 g/mol. The van der Waals surface area contributed by atoms with Crippen molar-refractivity contribution in [3.05, 3.63) is 70.1 Å². The van der Waals surface area contributed by atoms with E-state index in [1.54, 1.807) is 6.07 Å². The van der Waals surface area contributed by atoms with E-state index in [-0.39, 0.29) is 5.82 Å². The molecule has 0 bridgehead atoms. The van der Waals surface area contributed by atoms with Crippen molar-refractivity contribution in [1.29, 1.82) is 0 Å². The molecule has 1 aliphatic carbocycles. The van der Waals surface area contributed by atoms with E-state index in [9.17, 15) is 4.39 Å². The van der Waals surface area contributed by atoms with E-state index in [0.717, 1.165) is 34.1 Å². The summed E-state index contributed by atoms with van der Waals surface area (Å²) in [5.74, 6) is 1.79. The number of hydrogen-bond acceptors (Lipinski definition) is 3. The first-order chi connectivity index (χ1) is 13.5. The van der Waals surface area contributed by atoms with Crippen LogP contribution in [0, 0.1) is 12.7 Å². The summed E-state index contributed by atoms with van der Waals surface area (Å²) >= 11 is 6.19. The van der Waals surface area contributed by atoms with Crippen molar-refractivity contribution in [2.45, 2.75) is 45.7 Å². The molecule has 1 heterocycles. The topological polar surface area (TPSA) is 39.1 Å². The minimum absolute atomic E-state index is 0.297. The first kappa shape index (κ1) is 18.8. The minimum atomic E-state index is -0.297. The van der Waals surface area contributed by atoms with Crippen molar-refractivity contribution < 1.29 is 9.13 Å². The maximum Gasteiger partial charge on any atom is 0.148 e. The molecule has 0 atom stereocenters. The fraction of sp³-hybridized carbons (Fsp3) is 0.318. The second-order valence-corrected chi connectivity index (χ2v) is 7.57. The highest BCUT2D eigenvalue weighted by Crippen LogP contribution is 2.36. The van der Waals surface area contributed by atoms with E-state index in [1.807, 2.05) is 31.2 Å². The van der Waals surface area contributed by atoms with Gasteiger partial charge in [-0.15, -0.1) is 0 Å². The Morgan fingerprint density at radius 2 is 2.00 bits per heavy atom. The predicted octanol–water partition coefficient (Wildman–Crippen LogP) is 6.29. The lowest BCUT2D eigenvalue weighted by Gasteiger charge is -2.13. The molecule has 1 aromatic heterocycles. The highest BCUT2D eigenvalue weighted by Gasteiger charge is 2.26. The number of nitrogens with zero attached hydrogens (tertiary/aromatic N) is 2. The minimum Gasteiger partial charge on any atom is -0.457 e. The lowest BCUT2D eigenvalue weighted by atomic mass is 10.1. The average Bonchev–Trinajstić information content (AvgIpc) is 3.46. The molecule has 0 amide bonds. The van der Waals surface area contributed by atoms with Gasteiger partial charge < -0.3 is 10.1 Å². The second kappa shape index (κ2) is 7.84. The zero-order chi connectivity index (χ0) is 19.7. The van der Waals surface area contributed by atoms with Crippen LogP contribution in [0.3, 0.4) is 0 Å². The molecule has 1 aliphatic rings. The number of aromatic nitrogens is 2. The summed E-state index contributed by atoms with van der Waals surface area (Å²) < 4.78 is 21.9. The number of benzene rings is 2. The van der Waals surface area contributed by atoms with Crippen molar-refractivity contribution in [1.82, 2.24) is 9.78 Å². The van der Waals surface area contributed by atoms with Crippen molar-refractivity contribution >= 4 is 17.4 Å². The molecule has 146 valence electrons. The molecule has 1 saturated carbocycles. The molecule has 3 aromatic rings. The van der Waals surface area contributed by atoms with Crippen LogP contribution in [0.25, 0.3) is 0 Å². The van der Waals surface area contributed by atoms with Crippen LogP contribution < -0.4 is 10.1 Å². The first-order valence-electron chi connectivity index (χ1n) is 9.58. The molecule has 2 aromatic carbocycles. The quantitative estimate of drug-likeness (QED) is 0.507. The normalized spacial score (nSPS) is 13.6. The average molecular weight is 400 g/mol. The number of hydrogen-bond donors (Lipinski definition) is 1. The molecule has 28 heavy (non-hydrogen) atoms. The highest BCUT2D eigenvalue weighted by atomic mass is 35.5. The Labute approximate surface area is 169 Å². The smallest absolute Gasteiger partial charge is 0.148 e. The van der Waals surface area contributed by atoms with Gasteiger partial charge in [-0.05, 0) is 68.1 Å². The third-order valence-corrected chi connectivity index (χ3v) is 5.29. The van der Waals surface area contributed by atoms with E-state index in [2.05, 4.69) is 22.0 Å². The molecule has 4 rings (SSSR count). The van der Waals surface area contributed by atoms with Gasteiger partial charge in [-0.3, -0.25) is 4.68 Å². The van der Waals surface area contributed by atoms with Crippen LogP contribution in [0.1, 0.15) is 42.6 Å². The third-order valence-electron chi connectivity index (χ3n) is 4.92. The lowest BCUT2D eigenvalue weighted by Crippen LogP contribution is -2.04. The summed E-state index contributed by atoms with van der Waals surface area (Å²) in [5, 5.41) is 8.62. The summed E-state index contributed by atoms with van der Waals surface area (Å²) in [5.41, 5.74) is 2.88. The Bertz CT molecular complexity index is 997. The van der Waals surface area contributed by atoms with Crippen LogP contribution in [0.2, 0.25) is 5.02 Å². The van der Waals surface area contributed by atoms with Crippen LogP contribution >= 0.6 is 11.6 Å². The first-order valence-corrected chi connectivity index (χ1v) is 9.96. The fourth-order valence-electron chi connectivity index (χ4n) is 3.25. The van der Waals surface area contributed by atoms with E-state index in [1.165, 1.54) is 25.0 Å². The zero-order valence-corrected chi connectivity index (χ0v) is 16.8. The Morgan fingerprint density at radius 3 is 2.75 bits per heavy atom. The van der Waals surface area contributed by atoms with E-state index >= 15 is 0 Å². The van der Waals surface area contributed by atoms with E-state index in [4.69, 9.17) is 16.3 Å². The van der Waals surface area contributed by atoms with Gasteiger partial charge in [0.05, 0.1) is 6.04 Å². The third kappa shape index (κ3) is 4.14. The highest BCUT2D eigenvalue weighted by molar-refractivity contribution is 6.31. The van der Waals surface area contributed by atoms with Gasteiger partial charge in [0.1, 0.15) is 23.1 Å². The van der Waals surface area contributed by atoms with Crippen molar-refractivity contribution in [2.75, 3.05) is 5.32 Å². The molecule has 0 unspecified atom stereocenters. The van der Waals surface area contributed by atoms with Crippen molar-refractivity contribution in [3.8, 4) is 11.5 Å². The summed E-state index contributed by atoms with van der Waals surface area (Å²) in [6.45, 7) is 4.52. The van der Waals surface area contributed by atoms with E-state index < -0.39 is 0 Å². The maximum atomic E-state index is 13.8. The van der Waals surface area contributed by atoms with Gasteiger partial charge in [0, 0.05) is 28.9 Å². The Balaban J connectivity index is 1.52. The van der Waals surface area contributed by atoms with Gasteiger partial charge in [0.15, 0.2) is 0 Å². The molecule has 0 radical (unpaired) electrons. The van der Waals surface area contributed by atoms with Crippen molar-refractivity contribution in [3.63, 3.8) is 0 Å². The number of nitrogens with one attached hydrogen (secondary N) is 1. The molecule has 0 saturated heterocycles. The van der Waals surface area contributed by atoms with Gasteiger partial charge in [-0.2, -0.15) is 5.10 Å². The predicted molar refractivity (Wildman–Crippen MR) is 110 cm³/mol. The zero-order valence-electron chi connectivity index (χ0n) is 16.0. The Hall–Kier alpha value is -2.53. The largest absolute Gasteiger partial charge is 0.457 e. The molecule has 0 spiro atoms. The van der Waals surface area contributed by atoms with E-state index in [0.29, 0.717) is 24.1 Å². The van der Waals surface area contributed by atoms with Gasteiger partial charge in [-0.25, -0.2) is 4.39 Å². The molecule has 0 aliphatic heterocycles. The van der Waals surface area contributed by atoms with Crippen molar-refractivity contribution in [2.24, 2.45) is 0 Å². The van der Waals surface area contributed by atoms with Gasteiger partial charge in [0.25, 0.3) is 0 Å². The van der Waals surface area contributed by atoms with Crippen LogP contribution in [-0.2, 0) is 13.0 Å². The lowest BCUT2D eigenvalue weighted by molar-refractivity contribution is 0.474. The SMILES string of the molecule is CCc1cc(Oc2ccc(F)cc2CNc2cc(C)n(C3CC3)n2)ccc1Cl. The summed E-state index contributed by atoms with van der Waals surface area (Å²) in [7, 11) is 0. The molecule has 1 N–H and O–H groups in total. The number of aryl methyl sites for hydroxylation is 2. The van der Waals surface area contributed by atoms with Gasteiger partial charge in [0.2, 0.25) is 0 Å².